The van der Waals surface area contributed by atoms with Crippen LogP contribution in [0.15, 0.2) is 76.9 Å². The molecule has 0 aliphatic carbocycles. The minimum Gasteiger partial charge on any atom is -0.493 e. The van der Waals surface area contributed by atoms with E-state index >= 15 is 0 Å². The average molecular weight is 478 g/mol. The van der Waals surface area contributed by atoms with E-state index in [1.54, 1.807) is 14.2 Å². The maximum atomic E-state index is 6.16. The molecule has 34 heavy (non-hydrogen) atoms. The smallest absolute Gasteiger partial charge is 0.161 e. The second-order valence-corrected chi connectivity index (χ2v) is 8.28. The molecule has 1 aliphatic heterocycles. The van der Waals surface area contributed by atoms with Crippen LogP contribution in [0.5, 0.6) is 11.5 Å². The van der Waals surface area contributed by atoms with Crippen molar-refractivity contribution < 1.29 is 9.47 Å². The zero-order valence-corrected chi connectivity index (χ0v) is 20.4. The molecule has 176 valence electrons. The van der Waals surface area contributed by atoms with Gasteiger partial charge in [0, 0.05) is 16.1 Å². The fourth-order valence-electron chi connectivity index (χ4n) is 3.93. The fraction of sp³-hybridized carbons (Fsp3) is 0.231. The van der Waals surface area contributed by atoms with Crippen molar-refractivity contribution in [2.24, 2.45) is 10.2 Å². The predicted molar refractivity (Wildman–Crippen MR) is 138 cm³/mol. The van der Waals surface area contributed by atoms with Crippen molar-refractivity contribution in [3.05, 3.63) is 88.4 Å². The van der Waals surface area contributed by atoms with Gasteiger partial charge in [-0.1, -0.05) is 48.0 Å². The molecule has 4 rings (SSSR count). The Balaban J connectivity index is 1.70. The Bertz CT molecular complexity index is 1210. The Hall–Kier alpha value is -3.71. The van der Waals surface area contributed by atoms with Crippen LogP contribution in [0, 0.1) is 0 Å². The number of nitrogens with one attached hydrogen (secondary N) is 2. The van der Waals surface area contributed by atoms with Crippen LogP contribution in [0.1, 0.15) is 30.5 Å². The summed E-state index contributed by atoms with van der Waals surface area (Å²) in [6.45, 7) is 4.58. The van der Waals surface area contributed by atoms with Crippen LogP contribution in [0.4, 0.5) is 5.69 Å². The fourth-order valence-corrected chi connectivity index (χ4v) is 4.06. The Morgan fingerprint density at radius 1 is 1.06 bits per heavy atom. The number of hydrogen-bond donors (Lipinski definition) is 2. The molecule has 1 unspecified atom stereocenters. The predicted octanol–water partition coefficient (Wildman–Crippen LogP) is 4.99. The van der Waals surface area contributed by atoms with Crippen molar-refractivity contribution in [1.82, 2.24) is 10.9 Å². The van der Waals surface area contributed by atoms with Crippen LogP contribution in [0.2, 0.25) is 5.02 Å². The molecule has 1 atom stereocenters. The SMILES string of the molecule is COc1ccc(CN/N=C(/c2ccc(Cl)cc2)c2ccccc2N2C(C)=NNC2C)cc1OC. The maximum absolute atomic E-state index is 6.16. The van der Waals surface area contributed by atoms with Crippen LogP contribution >= 0.6 is 11.6 Å². The molecule has 8 heteroatoms. The number of hydrogen-bond acceptors (Lipinski definition) is 7. The van der Waals surface area contributed by atoms with Crippen LogP contribution in [-0.4, -0.2) is 31.9 Å². The summed E-state index contributed by atoms with van der Waals surface area (Å²) in [7, 11) is 3.25. The Morgan fingerprint density at radius 3 is 2.47 bits per heavy atom. The topological polar surface area (TPSA) is 70.5 Å². The average Bonchev–Trinajstić information content (AvgIpc) is 3.20. The minimum atomic E-state index is 0.0346. The van der Waals surface area contributed by atoms with Crippen molar-refractivity contribution in [2.45, 2.75) is 26.6 Å². The Kier molecular flexibility index (Phi) is 7.23. The number of benzene rings is 3. The lowest BCUT2D eigenvalue weighted by Gasteiger charge is -2.26. The van der Waals surface area contributed by atoms with E-state index in [1.807, 2.05) is 61.5 Å². The molecule has 0 radical (unpaired) electrons. The van der Waals surface area contributed by atoms with Crippen molar-refractivity contribution >= 4 is 28.8 Å². The number of anilines is 1. The first-order chi connectivity index (χ1) is 16.5. The number of halogens is 1. The maximum Gasteiger partial charge on any atom is 0.161 e. The Labute approximate surface area is 205 Å². The molecule has 0 saturated heterocycles. The number of ether oxygens (including phenoxy) is 2. The van der Waals surface area contributed by atoms with Gasteiger partial charge < -0.3 is 19.8 Å². The number of amidine groups is 1. The molecule has 1 aliphatic rings. The molecule has 0 aromatic heterocycles. The van der Waals surface area contributed by atoms with Gasteiger partial charge in [0.05, 0.1) is 32.2 Å². The van der Waals surface area contributed by atoms with Crippen molar-refractivity contribution in [3.8, 4) is 11.5 Å². The van der Waals surface area contributed by atoms with Gasteiger partial charge in [0.2, 0.25) is 0 Å². The van der Waals surface area contributed by atoms with E-state index in [9.17, 15) is 0 Å². The third-order valence-corrected chi connectivity index (χ3v) is 5.86. The highest BCUT2D eigenvalue weighted by molar-refractivity contribution is 6.30. The van der Waals surface area contributed by atoms with Gasteiger partial charge in [0.1, 0.15) is 12.0 Å². The van der Waals surface area contributed by atoms with E-state index in [0.717, 1.165) is 33.9 Å². The molecule has 2 N–H and O–H groups in total. The highest BCUT2D eigenvalue weighted by Gasteiger charge is 2.26. The molecule has 3 aromatic carbocycles. The molecule has 1 heterocycles. The van der Waals surface area contributed by atoms with Crippen molar-refractivity contribution in [3.63, 3.8) is 0 Å². The zero-order valence-electron chi connectivity index (χ0n) is 19.7. The monoisotopic (exact) mass is 477 g/mol. The van der Waals surface area contributed by atoms with E-state index in [-0.39, 0.29) is 6.17 Å². The molecule has 0 saturated carbocycles. The molecule has 0 spiro atoms. The van der Waals surface area contributed by atoms with Crippen molar-refractivity contribution in [2.75, 3.05) is 19.1 Å². The van der Waals surface area contributed by atoms with Gasteiger partial charge in [-0.05, 0) is 49.7 Å². The first-order valence-corrected chi connectivity index (χ1v) is 11.4. The van der Waals surface area contributed by atoms with Gasteiger partial charge in [-0.15, -0.1) is 0 Å². The normalized spacial score (nSPS) is 15.6. The van der Waals surface area contributed by atoms with E-state index < -0.39 is 0 Å². The second-order valence-electron chi connectivity index (χ2n) is 7.84. The lowest BCUT2D eigenvalue weighted by molar-refractivity contribution is 0.354. The van der Waals surface area contributed by atoms with Crippen molar-refractivity contribution in [1.29, 1.82) is 0 Å². The lowest BCUT2D eigenvalue weighted by Crippen LogP contribution is -2.38. The van der Waals surface area contributed by atoms with Crippen LogP contribution in [-0.2, 0) is 6.54 Å². The zero-order chi connectivity index (χ0) is 24.1. The first-order valence-electron chi connectivity index (χ1n) is 11.0. The van der Waals surface area contributed by atoms with Gasteiger partial charge in [-0.25, -0.2) is 0 Å². The highest BCUT2D eigenvalue weighted by atomic mass is 35.5. The number of nitrogens with zero attached hydrogens (tertiary/aromatic N) is 3. The van der Waals surface area contributed by atoms with E-state index in [2.05, 4.69) is 39.9 Å². The van der Waals surface area contributed by atoms with Crippen LogP contribution in [0.3, 0.4) is 0 Å². The summed E-state index contributed by atoms with van der Waals surface area (Å²) >= 11 is 6.16. The standard InChI is InChI=1S/C26H28ClN5O2/c1-17-29-30-18(2)32(17)23-8-6-5-7-22(23)26(20-10-12-21(27)13-11-20)31-28-16-19-9-14-24(33-3)25(15-19)34-4/h5-15,17,28-29H,16H2,1-4H3/b31-26-. The van der Waals surface area contributed by atoms with Gasteiger partial charge in [0.25, 0.3) is 0 Å². The molecule has 0 fully saturated rings. The summed E-state index contributed by atoms with van der Waals surface area (Å²) in [6, 6.07) is 21.7. The molecular formula is C26H28ClN5O2. The number of rotatable bonds is 8. The quantitative estimate of drug-likeness (QED) is 0.353. The van der Waals surface area contributed by atoms with Crippen LogP contribution < -0.4 is 25.2 Å². The summed E-state index contributed by atoms with van der Waals surface area (Å²) in [5.74, 6) is 2.27. The minimum absolute atomic E-state index is 0.0346. The highest BCUT2D eigenvalue weighted by Crippen LogP contribution is 2.29. The summed E-state index contributed by atoms with van der Waals surface area (Å²) < 4.78 is 10.8. The largest absolute Gasteiger partial charge is 0.493 e. The van der Waals surface area contributed by atoms with Gasteiger partial charge in [-0.3, -0.25) is 5.43 Å². The molecule has 0 bridgehead atoms. The first kappa shape index (κ1) is 23.4. The number of methoxy groups -OCH3 is 2. The summed E-state index contributed by atoms with van der Waals surface area (Å²) in [5.41, 5.74) is 11.1. The summed E-state index contributed by atoms with van der Waals surface area (Å²) in [4.78, 5) is 2.16. The number of hydrazone groups is 2. The number of para-hydroxylation sites is 1. The third kappa shape index (κ3) is 4.94. The van der Waals surface area contributed by atoms with E-state index in [4.69, 9.17) is 26.2 Å². The Morgan fingerprint density at radius 2 is 1.79 bits per heavy atom. The third-order valence-electron chi connectivity index (χ3n) is 5.61. The van der Waals surface area contributed by atoms with E-state index in [1.165, 1.54) is 0 Å². The second kappa shape index (κ2) is 10.5. The van der Waals surface area contributed by atoms with Crippen LogP contribution in [0.25, 0.3) is 0 Å². The van der Waals surface area contributed by atoms with Gasteiger partial charge in [-0.2, -0.15) is 10.2 Å². The molecule has 0 amide bonds. The summed E-state index contributed by atoms with van der Waals surface area (Å²) in [6.07, 6.45) is 0.0346. The molecular weight excluding hydrogens is 450 g/mol. The van der Waals surface area contributed by atoms with Gasteiger partial charge in [0.15, 0.2) is 11.5 Å². The summed E-state index contributed by atoms with van der Waals surface area (Å²) in [5, 5.41) is 9.90. The molecule has 3 aromatic rings. The molecule has 7 nitrogen and oxygen atoms in total. The lowest BCUT2D eigenvalue weighted by atomic mass is 10.00. The van der Waals surface area contributed by atoms with Gasteiger partial charge >= 0.3 is 0 Å². The van der Waals surface area contributed by atoms with E-state index in [0.29, 0.717) is 23.1 Å².